The number of morpholine rings is 1. The number of hydrogen-bond donors (Lipinski definition) is 1. The van der Waals surface area contributed by atoms with Gasteiger partial charge in [-0.25, -0.2) is 4.98 Å². The number of amides is 1. The van der Waals surface area contributed by atoms with E-state index in [0.29, 0.717) is 44.8 Å². The molecule has 0 unspecified atom stereocenters. The van der Waals surface area contributed by atoms with Gasteiger partial charge in [-0.1, -0.05) is 30.3 Å². The van der Waals surface area contributed by atoms with Gasteiger partial charge in [0.2, 0.25) is 5.91 Å². The van der Waals surface area contributed by atoms with Gasteiger partial charge >= 0.3 is 5.97 Å². The van der Waals surface area contributed by atoms with Crippen molar-refractivity contribution >= 4 is 11.9 Å². The first-order chi connectivity index (χ1) is 12.6. The van der Waals surface area contributed by atoms with Gasteiger partial charge in [0.25, 0.3) is 0 Å². The quantitative estimate of drug-likeness (QED) is 0.817. The van der Waals surface area contributed by atoms with Crippen LogP contribution in [0.15, 0.2) is 40.9 Å². The molecule has 3 rings (SSSR count). The van der Waals surface area contributed by atoms with E-state index in [9.17, 15) is 9.59 Å². The molecule has 1 aromatic carbocycles. The van der Waals surface area contributed by atoms with Gasteiger partial charge in [0.15, 0.2) is 11.7 Å². The molecule has 1 N–H and O–H groups in total. The lowest BCUT2D eigenvalue weighted by Crippen LogP contribution is -2.46. The van der Waals surface area contributed by atoms with Crippen LogP contribution in [-0.4, -0.2) is 52.7 Å². The van der Waals surface area contributed by atoms with Gasteiger partial charge in [-0.2, -0.15) is 0 Å². The van der Waals surface area contributed by atoms with Crippen molar-refractivity contribution in [3.63, 3.8) is 0 Å². The molecule has 1 aliphatic heterocycles. The van der Waals surface area contributed by atoms with Gasteiger partial charge < -0.3 is 19.2 Å². The largest absolute Gasteiger partial charge is 0.481 e. The zero-order chi connectivity index (χ0) is 18.4. The SMILES string of the molecule is O=C(O)C[C@@H]1CN(C(=O)CCCc2ncc(-c3ccccc3)o2)CCO1. The van der Waals surface area contributed by atoms with Crippen LogP contribution < -0.4 is 0 Å². The van der Waals surface area contributed by atoms with Crippen molar-refractivity contribution in [2.45, 2.75) is 31.8 Å². The second kappa shape index (κ2) is 8.62. The van der Waals surface area contributed by atoms with Crippen LogP contribution in [0.3, 0.4) is 0 Å². The van der Waals surface area contributed by atoms with Crippen molar-refractivity contribution < 1.29 is 23.8 Å². The lowest BCUT2D eigenvalue weighted by Gasteiger charge is -2.32. The van der Waals surface area contributed by atoms with Crippen LogP contribution in [0.5, 0.6) is 0 Å². The van der Waals surface area contributed by atoms with Crippen LogP contribution in [0.25, 0.3) is 11.3 Å². The van der Waals surface area contributed by atoms with Gasteiger partial charge in [-0.05, 0) is 6.42 Å². The van der Waals surface area contributed by atoms with E-state index < -0.39 is 12.1 Å². The third kappa shape index (κ3) is 4.92. The summed E-state index contributed by atoms with van der Waals surface area (Å²) in [6, 6.07) is 9.74. The fourth-order valence-corrected chi connectivity index (χ4v) is 2.97. The molecule has 2 heterocycles. The summed E-state index contributed by atoms with van der Waals surface area (Å²) < 4.78 is 11.1. The zero-order valence-corrected chi connectivity index (χ0v) is 14.5. The molecule has 7 heteroatoms. The zero-order valence-electron chi connectivity index (χ0n) is 14.5. The molecule has 26 heavy (non-hydrogen) atoms. The first-order valence-electron chi connectivity index (χ1n) is 8.73. The monoisotopic (exact) mass is 358 g/mol. The number of aromatic nitrogens is 1. The molecular formula is C19H22N2O5. The van der Waals surface area contributed by atoms with Gasteiger partial charge in [-0.3, -0.25) is 9.59 Å². The van der Waals surface area contributed by atoms with E-state index >= 15 is 0 Å². The summed E-state index contributed by atoms with van der Waals surface area (Å²) in [6.45, 7) is 1.22. The van der Waals surface area contributed by atoms with Gasteiger partial charge in [-0.15, -0.1) is 0 Å². The molecule has 1 fully saturated rings. The Kier molecular flexibility index (Phi) is 6.01. The van der Waals surface area contributed by atoms with E-state index in [1.807, 2.05) is 30.3 Å². The lowest BCUT2D eigenvalue weighted by molar-refractivity contribution is -0.147. The van der Waals surface area contributed by atoms with Crippen LogP contribution in [0, 0.1) is 0 Å². The lowest BCUT2D eigenvalue weighted by atomic mass is 10.1. The number of rotatable bonds is 7. The Morgan fingerprint density at radius 3 is 2.85 bits per heavy atom. The smallest absolute Gasteiger partial charge is 0.306 e. The Balaban J connectivity index is 1.45. The predicted molar refractivity (Wildman–Crippen MR) is 93.4 cm³/mol. The van der Waals surface area contributed by atoms with E-state index in [4.69, 9.17) is 14.3 Å². The fraction of sp³-hybridized carbons (Fsp3) is 0.421. The number of aliphatic carboxylic acids is 1. The maximum Gasteiger partial charge on any atom is 0.306 e. The van der Waals surface area contributed by atoms with Crippen molar-refractivity contribution in [1.82, 2.24) is 9.88 Å². The minimum atomic E-state index is -0.914. The van der Waals surface area contributed by atoms with E-state index in [1.165, 1.54) is 0 Å². The summed E-state index contributed by atoms with van der Waals surface area (Å²) in [4.78, 5) is 29.0. The minimum Gasteiger partial charge on any atom is -0.481 e. The summed E-state index contributed by atoms with van der Waals surface area (Å²) in [7, 11) is 0. The summed E-state index contributed by atoms with van der Waals surface area (Å²) in [5, 5.41) is 8.84. The number of ether oxygens (including phenoxy) is 1. The van der Waals surface area contributed by atoms with Crippen molar-refractivity contribution in [2.24, 2.45) is 0 Å². The van der Waals surface area contributed by atoms with Crippen LogP contribution >= 0.6 is 0 Å². The molecular weight excluding hydrogens is 336 g/mol. The average Bonchev–Trinajstić information content (AvgIpc) is 3.11. The molecule has 1 saturated heterocycles. The molecule has 0 spiro atoms. The van der Waals surface area contributed by atoms with E-state index in [-0.39, 0.29) is 12.3 Å². The minimum absolute atomic E-state index is 0.0125. The highest BCUT2D eigenvalue weighted by atomic mass is 16.5. The third-order valence-corrected chi connectivity index (χ3v) is 4.29. The topological polar surface area (TPSA) is 92.9 Å². The first kappa shape index (κ1) is 18.1. The summed E-state index contributed by atoms with van der Waals surface area (Å²) in [5.74, 6) is 0.431. The molecule has 2 aromatic rings. The molecule has 0 bridgehead atoms. The van der Waals surface area contributed by atoms with Crippen LogP contribution in [0.1, 0.15) is 25.2 Å². The molecule has 1 atom stereocenters. The number of carboxylic acid groups (broad SMARTS) is 1. The number of nitrogens with zero attached hydrogens (tertiary/aromatic N) is 2. The average molecular weight is 358 g/mol. The number of oxazole rings is 1. The summed E-state index contributed by atoms with van der Waals surface area (Å²) in [5.41, 5.74) is 0.972. The molecule has 1 amide bonds. The Morgan fingerprint density at radius 1 is 1.27 bits per heavy atom. The van der Waals surface area contributed by atoms with Gasteiger partial charge in [0.05, 0.1) is 25.3 Å². The third-order valence-electron chi connectivity index (χ3n) is 4.29. The van der Waals surface area contributed by atoms with Crippen LogP contribution in [0.2, 0.25) is 0 Å². The van der Waals surface area contributed by atoms with Crippen molar-refractivity contribution in [2.75, 3.05) is 19.7 Å². The van der Waals surface area contributed by atoms with Crippen molar-refractivity contribution in [3.05, 3.63) is 42.4 Å². The first-order valence-corrected chi connectivity index (χ1v) is 8.73. The fourth-order valence-electron chi connectivity index (χ4n) is 2.97. The van der Waals surface area contributed by atoms with Crippen molar-refractivity contribution in [1.29, 1.82) is 0 Å². The standard InChI is InChI=1S/C19H22N2O5/c22-18(21-9-10-25-15(13-21)11-19(23)24)8-4-7-17-20-12-16(26-17)14-5-2-1-3-6-14/h1-3,5-6,12,15H,4,7-11,13H2,(H,23,24)/t15-/m1/s1. The number of carbonyl (C=O) groups is 2. The Hall–Kier alpha value is -2.67. The second-order valence-electron chi connectivity index (χ2n) is 6.27. The number of hydrogen-bond acceptors (Lipinski definition) is 5. The number of aryl methyl sites for hydroxylation is 1. The Morgan fingerprint density at radius 2 is 2.08 bits per heavy atom. The van der Waals surface area contributed by atoms with Gasteiger partial charge in [0.1, 0.15) is 0 Å². The maximum atomic E-state index is 12.3. The van der Waals surface area contributed by atoms with E-state index in [0.717, 1.165) is 11.3 Å². The Bertz CT molecular complexity index is 743. The molecule has 0 radical (unpaired) electrons. The van der Waals surface area contributed by atoms with Crippen LogP contribution in [-0.2, 0) is 20.7 Å². The number of benzene rings is 1. The maximum absolute atomic E-state index is 12.3. The molecule has 7 nitrogen and oxygen atoms in total. The molecule has 0 saturated carbocycles. The summed E-state index contributed by atoms with van der Waals surface area (Å²) in [6.07, 6.45) is 2.79. The highest BCUT2D eigenvalue weighted by Gasteiger charge is 2.25. The highest BCUT2D eigenvalue weighted by molar-refractivity contribution is 5.76. The van der Waals surface area contributed by atoms with E-state index in [2.05, 4.69) is 4.98 Å². The normalized spacial score (nSPS) is 17.2. The highest BCUT2D eigenvalue weighted by Crippen LogP contribution is 2.20. The second-order valence-corrected chi connectivity index (χ2v) is 6.27. The van der Waals surface area contributed by atoms with Gasteiger partial charge in [0, 0.05) is 31.5 Å². The Labute approximate surface area is 151 Å². The number of carboxylic acids is 1. The van der Waals surface area contributed by atoms with Crippen molar-refractivity contribution in [3.8, 4) is 11.3 Å². The molecule has 138 valence electrons. The number of carbonyl (C=O) groups excluding carboxylic acids is 1. The summed E-state index contributed by atoms with van der Waals surface area (Å²) >= 11 is 0. The molecule has 0 aliphatic carbocycles. The van der Waals surface area contributed by atoms with Crippen LogP contribution in [0.4, 0.5) is 0 Å². The van der Waals surface area contributed by atoms with E-state index in [1.54, 1.807) is 11.1 Å². The molecule has 1 aliphatic rings. The molecule has 1 aromatic heterocycles. The predicted octanol–water partition coefficient (Wildman–Crippen LogP) is 2.37.